The number of aromatic nitrogens is 1. The van der Waals surface area contributed by atoms with Gasteiger partial charge >= 0.3 is 0 Å². The van der Waals surface area contributed by atoms with Crippen LogP contribution in [-0.2, 0) is 6.42 Å². The number of thiazole rings is 1. The first-order chi connectivity index (χ1) is 6.36. The van der Waals surface area contributed by atoms with Crippen molar-refractivity contribution in [2.45, 2.75) is 36.9 Å². The third-order valence-corrected chi connectivity index (χ3v) is 4.77. The summed E-state index contributed by atoms with van der Waals surface area (Å²) in [5, 5.41) is 0. The summed E-state index contributed by atoms with van der Waals surface area (Å²) in [6.45, 7) is 0. The third kappa shape index (κ3) is 2.53. The van der Waals surface area contributed by atoms with Gasteiger partial charge in [-0.05, 0) is 25.2 Å². The summed E-state index contributed by atoms with van der Waals surface area (Å²) in [6, 6.07) is 0. The summed E-state index contributed by atoms with van der Waals surface area (Å²) in [6.07, 6.45) is 8.78. The van der Waals surface area contributed by atoms with Crippen LogP contribution >= 0.6 is 27.3 Å². The van der Waals surface area contributed by atoms with Gasteiger partial charge in [0.05, 0.1) is 5.51 Å². The topological polar surface area (TPSA) is 12.9 Å². The van der Waals surface area contributed by atoms with Gasteiger partial charge in [0.15, 0.2) is 0 Å². The second-order valence-corrected chi connectivity index (χ2v) is 5.88. The fourth-order valence-corrected chi connectivity index (χ4v) is 3.46. The predicted molar refractivity (Wildman–Crippen MR) is 60.5 cm³/mol. The Kier molecular flexibility index (Phi) is 3.39. The van der Waals surface area contributed by atoms with E-state index in [2.05, 4.69) is 20.9 Å². The number of hydrogen-bond acceptors (Lipinski definition) is 2. The zero-order valence-corrected chi connectivity index (χ0v) is 9.98. The quantitative estimate of drug-likeness (QED) is 0.740. The minimum Gasteiger partial charge on any atom is -0.253 e. The van der Waals surface area contributed by atoms with Crippen LogP contribution in [0, 0.1) is 5.92 Å². The standard InChI is InChI=1S/C10H14BrNS/c11-10-4-2-1-3-8(10)5-9-6-12-7-13-9/h6-8,10H,1-5H2. The van der Waals surface area contributed by atoms with E-state index in [9.17, 15) is 0 Å². The van der Waals surface area contributed by atoms with Crippen LogP contribution < -0.4 is 0 Å². The van der Waals surface area contributed by atoms with Crippen molar-refractivity contribution in [3.63, 3.8) is 0 Å². The molecule has 0 radical (unpaired) electrons. The van der Waals surface area contributed by atoms with Gasteiger partial charge in [-0.15, -0.1) is 11.3 Å². The molecule has 0 saturated heterocycles. The zero-order valence-electron chi connectivity index (χ0n) is 7.58. The highest BCUT2D eigenvalue weighted by atomic mass is 79.9. The normalized spacial score (nSPS) is 29.0. The molecule has 1 saturated carbocycles. The first kappa shape index (κ1) is 9.66. The molecule has 0 N–H and O–H groups in total. The van der Waals surface area contributed by atoms with Crippen LogP contribution in [0.15, 0.2) is 11.7 Å². The molecule has 0 bridgehead atoms. The third-order valence-electron chi connectivity index (χ3n) is 2.76. The molecule has 2 rings (SSSR count). The van der Waals surface area contributed by atoms with Gasteiger partial charge in [0.1, 0.15) is 0 Å². The molecule has 2 unspecified atom stereocenters. The highest BCUT2D eigenvalue weighted by Crippen LogP contribution is 2.32. The van der Waals surface area contributed by atoms with Crippen LogP contribution in [0.25, 0.3) is 0 Å². The molecule has 0 aliphatic heterocycles. The molecule has 0 spiro atoms. The number of rotatable bonds is 2. The maximum atomic E-state index is 4.12. The Morgan fingerprint density at radius 1 is 1.46 bits per heavy atom. The van der Waals surface area contributed by atoms with Crippen LogP contribution in [0.1, 0.15) is 30.6 Å². The van der Waals surface area contributed by atoms with Crippen LogP contribution in [0.4, 0.5) is 0 Å². The average molecular weight is 260 g/mol. The van der Waals surface area contributed by atoms with Gasteiger partial charge in [-0.2, -0.15) is 0 Å². The Labute approximate surface area is 91.7 Å². The summed E-state index contributed by atoms with van der Waals surface area (Å²) in [5.41, 5.74) is 1.93. The smallest absolute Gasteiger partial charge is 0.0794 e. The number of hydrogen-bond donors (Lipinski definition) is 0. The summed E-state index contributed by atoms with van der Waals surface area (Å²) < 4.78 is 0. The Morgan fingerprint density at radius 3 is 3.00 bits per heavy atom. The fraction of sp³-hybridized carbons (Fsp3) is 0.700. The van der Waals surface area contributed by atoms with Gasteiger partial charge in [-0.3, -0.25) is 4.98 Å². The monoisotopic (exact) mass is 259 g/mol. The molecule has 3 heteroatoms. The molecule has 0 amide bonds. The summed E-state index contributed by atoms with van der Waals surface area (Å²) >= 11 is 5.57. The van der Waals surface area contributed by atoms with Crippen molar-refractivity contribution in [2.75, 3.05) is 0 Å². The van der Waals surface area contributed by atoms with E-state index in [1.807, 2.05) is 11.7 Å². The summed E-state index contributed by atoms with van der Waals surface area (Å²) in [4.78, 5) is 6.30. The van der Waals surface area contributed by atoms with Crippen molar-refractivity contribution in [1.82, 2.24) is 4.98 Å². The van der Waals surface area contributed by atoms with E-state index in [0.29, 0.717) is 0 Å². The van der Waals surface area contributed by atoms with Crippen molar-refractivity contribution in [2.24, 2.45) is 5.92 Å². The first-order valence-electron chi connectivity index (χ1n) is 4.87. The first-order valence-corrected chi connectivity index (χ1v) is 6.67. The van der Waals surface area contributed by atoms with E-state index in [4.69, 9.17) is 0 Å². The molecule has 2 atom stereocenters. The van der Waals surface area contributed by atoms with Gasteiger partial charge in [-0.1, -0.05) is 28.8 Å². The van der Waals surface area contributed by atoms with Crippen molar-refractivity contribution < 1.29 is 0 Å². The van der Waals surface area contributed by atoms with Crippen molar-refractivity contribution in [1.29, 1.82) is 0 Å². The van der Waals surface area contributed by atoms with E-state index in [0.717, 1.165) is 10.7 Å². The minimum absolute atomic E-state index is 0.739. The maximum absolute atomic E-state index is 4.12. The molecule has 72 valence electrons. The molecule has 1 aromatic heterocycles. The average Bonchev–Trinajstić information content (AvgIpc) is 2.61. The lowest BCUT2D eigenvalue weighted by atomic mass is 9.86. The van der Waals surface area contributed by atoms with E-state index in [1.165, 1.54) is 37.0 Å². The van der Waals surface area contributed by atoms with E-state index in [-0.39, 0.29) is 0 Å². The zero-order chi connectivity index (χ0) is 9.10. The highest BCUT2D eigenvalue weighted by Gasteiger charge is 2.22. The van der Waals surface area contributed by atoms with Gasteiger partial charge in [-0.25, -0.2) is 0 Å². The van der Waals surface area contributed by atoms with Crippen LogP contribution in [-0.4, -0.2) is 9.81 Å². The van der Waals surface area contributed by atoms with Gasteiger partial charge in [0, 0.05) is 15.9 Å². The van der Waals surface area contributed by atoms with Gasteiger partial charge in [0.25, 0.3) is 0 Å². The summed E-state index contributed by atoms with van der Waals surface area (Å²) in [7, 11) is 0. The SMILES string of the molecule is BrC1CCCCC1Cc1cncs1. The molecule has 13 heavy (non-hydrogen) atoms. The van der Waals surface area contributed by atoms with Crippen LogP contribution in [0.5, 0.6) is 0 Å². The Balaban J connectivity index is 1.93. The fourth-order valence-electron chi connectivity index (χ4n) is 1.99. The molecule has 1 fully saturated rings. The lowest BCUT2D eigenvalue weighted by molar-refractivity contribution is 0.375. The lowest BCUT2D eigenvalue weighted by Gasteiger charge is -2.26. The minimum atomic E-state index is 0.739. The second kappa shape index (κ2) is 4.56. The summed E-state index contributed by atoms with van der Waals surface area (Å²) in [5.74, 6) is 0.842. The lowest BCUT2D eigenvalue weighted by Crippen LogP contribution is -2.20. The second-order valence-electron chi connectivity index (χ2n) is 3.73. The molecular formula is C10H14BrNS. The molecule has 1 nitrogen and oxygen atoms in total. The maximum Gasteiger partial charge on any atom is 0.0794 e. The Bertz CT molecular complexity index is 247. The molecule has 1 aromatic rings. The van der Waals surface area contributed by atoms with Crippen LogP contribution in [0.3, 0.4) is 0 Å². The van der Waals surface area contributed by atoms with Crippen molar-refractivity contribution >= 4 is 27.3 Å². The molecule has 1 aliphatic rings. The molecular weight excluding hydrogens is 246 g/mol. The number of halogens is 1. The van der Waals surface area contributed by atoms with E-state index < -0.39 is 0 Å². The van der Waals surface area contributed by atoms with E-state index >= 15 is 0 Å². The predicted octanol–water partition coefficient (Wildman–Crippen LogP) is 3.64. The number of nitrogens with zero attached hydrogens (tertiary/aromatic N) is 1. The van der Waals surface area contributed by atoms with Crippen molar-refractivity contribution in [3.8, 4) is 0 Å². The van der Waals surface area contributed by atoms with Gasteiger partial charge < -0.3 is 0 Å². The number of alkyl halides is 1. The Morgan fingerprint density at radius 2 is 2.31 bits per heavy atom. The van der Waals surface area contributed by atoms with Crippen molar-refractivity contribution in [3.05, 3.63) is 16.6 Å². The van der Waals surface area contributed by atoms with Crippen LogP contribution in [0.2, 0.25) is 0 Å². The highest BCUT2D eigenvalue weighted by molar-refractivity contribution is 9.09. The molecule has 0 aromatic carbocycles. The van der Waals surface area contributed by atoms with E-state index in [1.54, 1.807) is 11.3 Å². The van der Waals surface area contributed by atoms with Gasteiger partial charge in [0.2, 0.25) is 0 Å². The largest absolute Gasteiger partial charge is 0.253 e. The molecule has 1 aliphatic carbocycles. The Hall–Kier alpha value is 0.110. The molecule has 1 heterocycles.